The van der Waals surface area contributed by atoms with Crippen LogP contribution >= 0.6 is 7.82 Å². The van der Waals surface area contributed by atoms with Crippen molar-refractivity contribution in [1.29, 1.82) is 0 Å². The Balaban J connectivity index is 0. The Morgan fingerprint density at radius 1 is 1.50 bits per heavy atom. The Morgan fingerprint density at radius 3 is 2.00 bits per heavy atom. The molecule has 0 atom stereocenters. The number of rotatable bonds is 0. The van der Waals surface area contributed by atoms with Crippen LogP contribution in [0.15, 0.2) is 0 Å². The Bertz CT molecular complexity index is 164. The van der Waals surface area contributed by atoms with Crippen molar-refractivity contribution < 1.29 is 75.4 Å². The van der Waals surface area contributed by atoms with Crippen molar-refractivity contribution in [2.24, 2.45) is 0 Å². The SMILES string of the molecule is O=C1CCCN1.O=P([O-])(O)O.[K+]. The molecule has 0 aromatic rings. The second-order valence-electron chi connectivity index (χ2n) is 1.94. The van der Waals surface area contributed by atoms with Crippen LogP contribution in [-0.4, -0.2) is 22.2 Å². The van der Waals surface area contributed by atoms with Crippen LogP contribution in [-0.2, 0) is 9.36 Å². The summed E-state index contributed by atoms with van der Waals surface area (Å²) in [5.74, 6) is 0.204. The molecule has 1 fully saturated rings. The van der Waals surface area contributed by atoms with Crippen LogP contribution in [0.5, 0.6) is 0 Å². The van der Waals surface area contributed by atoms with Gasteiger partial charge in [-0.15, -0.1) is 0 Å². The molecule has 0 radical (unpaired) electrons. The minimum atomic E-state index is -4.89. The average Bonchev–Trinajstić information content (AvgIpc) is 2.12. The van der Waals surface area contributed by atoms with Crippen LogP contribution in [0, 0.1) is 0 Å². The van der Waals surface area contributed by atoms with Crippen molar-refractivity contribution in [3.63, 3.8) is 0 Å². The molecule has 12 heavy (non-hydrogen) atoms. The molecule has 0 aromatic carbocycles. The molecular weight excluding hydrogens is 212 g/mol. The van der Waals surface area contributed by atoms with Gasteiger partial charge in [0.1, 0.15) is 0 Å². The summed E-state index contributed by atoms with van der Waals surface area (Å²) >= 11 is 0. The molecule has 3 N–H and O–H groups in total. The average molecular weight is 221 g/mol. The molecule has 1 rings (SSSR count). The van der Waals surface area contributed by atoms with Gasteiger partial charge in [-0.1, -0.05) is 0 Å². The number of carbonyl (C=O) groups excluding carboxylic acids is 1. The molecule has 8 heteroatoms. The molecule has 0 unspecified atom stereocenters. The molecule has 6 nitrogen and oxygen atoms in total. The van der Waals surface area contributed by atoms with E-state index < -0.39 is 7.82 Å². The summed E-state index contributed by atoms with van der Waals surface area (Å²) in [6.07, 6.45) is 1.76. The quantitative estimate of drug-likeness (QED) is 0.281. The molecule has 0 aliphatic carbocycles. The zero-order valence-electron chi connectivity index (χ0n) is 6.69. The molecule has 1 saturated heterocycles. The largest absolute Gasteiger partial charge is 1.00 e. The maximum atomic E-state index is 10.1. The molecule has 1 aliphatic rings. The molecule has 0 bridgehead atoms. The molecule has 0 saturated carbocycles. The second kappa shape index (κ2) is 7.60. The molecule has 1 aliphatic heterocycles. The van der Waals surface area contributed by atoms with Gasteiger partial charge in [-0.25, -0.2) is 0 Å². The van der Waals surface area contributed by atoms with Gasteiger partial charge in [-0.05, 0) is 6.42 Å². The van der Waals surface area contributed by atoms with Crippen LogP contribution in [0.25, 0.3) is 0 Å². The van der Waals surface area contributed by atoms with Crippen molar-refractivity contribution in [2.45, 2.75) is 12.8 Å². The summed E-state index contributed by atoms with van der Waals surface area (Å²) in [7, 11) is -4.89. The third kappa shape index (κ3) is 17.3. The standard InChI is InChI=1S/C4H7NO.K.H3O4P/c6-4-2-1-3-5-4;;1-5(2,3)4/h1-3H2,(H,5,6);;(H3,1,2,3,4)/q;+1;/p-1. The van der Waals surface area contributed by atoms with Gasteiger partial charge in [0.15, 0.2) is 0 Å². The molecule has 66 valence electrons. The first kappa shape index (κ1) is 15.7. The smallest absolute Gasteiger partial charge is 0.756 e. The number of hydrogen-bond donors (Lipinski definition) is 3. The first-order valence-electron chi connectivity index (χ1n) is 2.93. The minimum Gasteiger partial charge on any atom is -0.756 e. The summed E-state index contributed by atoms with van der Waals surface area (Å²) in [6, 6.07) is 0. The van der Waals surface area contributed by atoms with Crippen molar-refractivity contribution in [3.05, 3.63) is 0 Å². The van der Waals surface area contributed by atoms with Crippen molar-refractivity contribution in [2.75, 3.05) is 6.54 Å². The molecule has 1 heterocycles. The van der Waals surface area contributed by atoms with Gasteiger partial charge in [0.25, 0.3) is 7.82 Å². The Kier molecular flexibility index (Phi) is 9.94. The van der Waals surface area contributed by atoms with E-state index in [9.17, 15) is 4.79 Å². The summed E-state index contributed by atoms with van der Waals surface area (Å²) in [4.78, 5) is 33.1. The van der Waals surface area contributed by atoms with E-state index in [1.54, 1.807) is 0 Å². The molecule has 0 aromatic heterocycles. The van der Waals surface area contributed by atoms with Crippen molar-refractivity contribution in [1.82, 2.24) is 5.32 Å². The first-order valence-corrected chi connectivity index (χ1v) is 4.46. The van der Waals surface area contributed by atoms with Crippen molar-refractivity contribution in [3.8, 4) is 0 Å². The van der Waals surface area contributed by atoms with E-state index in [0.717, 1.165) is 19.4 Å². The van der Waals surface area contributed by atoms with E-state index in [2.05, 4.69) is 5.32 Å². The van der Waals surface area contributed by atoms with E-state index in [-0.39, 0.29) is 57.3 Å². The fourth-order valence-corrected chi connectivity index (χ4v) is 0.565. The first-order chi connectivity index (χ1) is 4.89. The normalized spacial score (nSPS) is 15.4. The minimum absolute atomic E-state index is 0. The predicted octanol–water partition coefficient (Wildman–Crippen LogP) is -4.66. The van der Waals surface area contributed by atoms with Gasteiger partial charge in [0, 0.05) is 13.0 Å². The van der Waals surface area contributed by atoms with Gasteiger partial charge in [-0.3, -0.25) is 9.36 Å². The topological polar surface area (TPSA) is 110 Å². The molecule has 1 amide bonds. The van der Waals surface area contributed by atoms with Crippen molar-refractivity contribution >= 4 is 13.7 Å². The molecule has 0 spiro atoms. The van der Waals surface area contributed by atoms with E-state index in [1.807, 2.05) is 0 Å². The number of amides is 1. The molecular formula is C4H9KNO5P. The third-order valence-corrected chi connectivity index (χ3v) is 0.903. The Morgan fingerprint density at radius 2 is 1.92 bits per heavy atom. The predicted molar refractivity (Wildman–Crippen MR) is 34.3 cm³/mol. The van der Waals surface area contributed by atoms with Gasteiger partial charge in [0.2, 0.25) is 5.91 Å². The van der Waals surface area contributed by atoms with Gasteiger partial charge in [-0.2, -0.15) is 0 Å². The fraction of sp³-hybridized carbons (Fsp3) is 0.750. The summed E-state index contributed by atoms with van der Waals surface area (Å²) in [6.45, 7) is 0.888. The number of hydrogen-bond acceptors (Lipinski definition) is 3. The number of phosphoric acid groups is 1. The van der Waals surface area contributed by atoms with Gasteiger partial charge in [0.05, 0.1) is 0 Å². The van der Waals surface area contributed by atoms with Gasteiger partial charge >= 0.3 is 51.4 Å². The maximum absolute atomic E-state index is 10.1. The maximum Gasteiger partial charge on any atom is 1.00 e. The van der Waals surface area contributed by atoms with Crippen LogP contribution in [0.4, 0.5) is 0 Å². The fourth-order valence-electron chi connectivity index (χ4n) is 0.565. The number of carbonyl (C=O) groups is 1. The summed E-state index contributed by atoms with van der Waals surface area (Å²) < 4.78 is 8.77. The third-order valence-electron chi connectivity index (χ3n) is 0.903. The van der Waals surface area contributed by atoms with Crippen LogP contribution < -0.4 is 61.6 Å². The number of nitrogens with one attached hydrogen (secondary N) is 1. The van der Waals surface area contributed by atoms with E-state index in [0.29, 0.717) is 0 Å². The van der Waals surface area contributed by atoms with Crippen LogP contribution in [0.2, 0.25) is 0 Å². The summed E-state index contributed by atoms with van der Waals surface area (Å²) in [5.41, 5.74) is 0. The second-order valence-corrected chi connectivity index (χ2v) is 2.93. The zero-order chi connectivity index (χ0) is 8.91. The van der Waals surface area contributed by atoms with E-state index >= 15 is 0 Å². The van der Waals surface area contributed by atoms with Crippen LogP contribution in [0.1, 0.15) is 12.8 Å². The Labute approximate surface area is 112 Å². The van der Waals surface area contributed by atoms with Gasteiger partial charge < -0.3 is 20.0 Å². The monoisotopic (exact) mass is 221 g/mol. The summed E-state index contributed by atoms with van der Waals surface area (Å²) in [5, 5.41) is 2.68. The van der Waals surface area contributed by atoms with E-state index in [4.69, 9.17) is 19.2 Å². The zero-order valence-corrected chi connectivity index (χ0v) is 10.7. The van der Waals surface area contributed by atoms with Crippen LogP contribution in [0.3, 0.4) is 0 Å². The van der Waals surface area contributed by atoms with E-state index in [1.165, 1.54) is 0 Å². The Hall–Kier alpha value is 1.22.